The van der Waals surface area contributed by atoms with Gasteiger partial charge in [0.15, 0.2) is 11.8 Å². The molecular weight excluding hydrogens is 242 g/mol. The highest BCUT2D eigenvalue weighted by Crippen LogP contribution is 2.18. The zero-order chi connectivity index (χ0) is 13.7. The summed E-state index contributed by atoms with van der Waals surface area (Å²) in [5, 5.41) is 10.6. The molecule has 1 aliphatic carbocycles. The van der Waals surface area contributed by atoms with Gasteiger partial charge in [0.2, 0.25) is 5.89 Å². The van der Waals surface area contributed by atoms with Crippen molar-refractivity contribution in [3.05, 3.63) is 11.7 Å². The molecule has 19 heavy (non-hydrogen) atoms. The Bertz CT molecular complexity index is 422. The number of nitrogens with zero attached hydrogens (tertiary/aromatic N) is 3. The molecule has 1 aliphatic rings. The summed E-state index contributed by atoms with van der Waals surface area (Å²) in [5.41, 5.74) is 0. The molecule has 6 nitrogen and oxygen atoms in total. The van der Waals surface area contributed by atoms with Gasteiger partial charge in [-0.25, -0.2) is 0 Å². The van der Waals surface area contributed by atoms with Gasteiger partial charge in [0.1, 0.15) is 0 Å². The van der Waals surface area contributed by atoms with E-state index in [-0.39, 0.29) is 0 Å². The molecule has 0 spiro atoms. The zero-order valence-electron chi connectivity index (χ0n) is 11.9. The van der Waals surface area contributed by atoms with E-state index in [4.69, 9.17) is 4.52 Å². The molecule has 0 aliphatic heterocycles. The van der Waals surface area contributed by atoms with Crippen molar-refractivity contribution in [3.63, 3.8) is 0 Å². The van der Waals surface area contributed by atoms with Gasteiger partial charge >= 0.3 is 0 Å². The van der Waals surface area contributed by atoms with E-state index in [0.29, 0.717) is 30.8 Å². The van der Waals surface area contributed by atoms with Crippen molar-refractivity contribution in [2.45, 2.75) is 52.0 Å². The van der Waals surface area contributed by atoms with Crippen molar-refractivity contribution in [2.24, 2.45) is 4.99 Å². The van der Waals surface area contributed by atoms with Crippen molar-refractivity contribution < 1.29 is 4.52 Å². The maximum Gasteiger partial charge on any atom is 0.228 e. The molecule has 106 valence electrons. The number of aliphatic imine (C=N–C) groups is 1. The van der Waals surface area contributed by atoms with Crippen LogP contribution in [0.3, 0.4) is 0 Å². The van der Waals surface area contributed by atoms with Crippen molar-refractivity contribution in [3.8, 4) is 0 Å². The highest BCUT2D eigenvalue weighted by Gasteiger charge is 2.22. The van der Waals surface area contributed by atoms with Gasteiger partial charge in [0.05, 0.1) is 6.54 Å². The third kappa shape index (κ3) is 4.54. The standard InChI is InChI=1S/C13H23N5O/c1-4-14-13(16-10-5-6-10)15-8-7-11-17-12(9(2)3)18-19-11/h9-10H,4-8H2,1-3H3,(H2,14,15,16). The topological polar surface area (TPSA) is 75.3 Å². The highest BCUT2D eigenvalue weighted by molar-refractivity contribution is 5.80. The van der Waals surface area contributed by atoms with E-state index in [1.165, 1.54) is 12.8 Å². The molecule has 0 aromatic carbocycles. The first-order valence-electron chi connectivity index (χ1n) is 7.06. The monoisotopic (exact) mass is 265 g/mol. The SMILES string of the molecule is CCNC(=NCCc1nc(C(C)C)no1)NC1CC1. The van der Waals surface area contributed by atoms with Crippen molar-refractivity contribution in [1.82, 2.24) is 20.8 Å². The lowest BCUT2D eigenvalue weighted by Crippen LogP contribution is -2.38. The molecule has 6 heteroatoms. The summed E-state index contributed by atoms with van der Waals surface area (Å²) in [5.74, 6) is 2.61. The molecule has 1 aromatic rings. The molecule has 1 aromatic heterocycles. The predicted molar refractivity (Wildman–Crippen MR) is 74.2 cm³/mol. The van der Waals surface area contributed by atoms with Crippen LogP contribution in [-0.4, -0.2) is 35.2 Å². The van der Waals surface area contributed by atoms with Crippen LogP contribution in [0.1, 0.15) is 51.2 Å². The summed E-state index contributed by atoms with van der Waals surface area (Å²) in [6, 6.07) is 0.605. The summed E-state index contributed by atoms with van der Waals surface area (Å²) in [6.45, 7) is 7.70. The second kappa shape index (κ2) is 6.54. The number of aromatic nitrogens is 2. The van der Waals surface area contributed by atoms with Gasteiger partial charge in [-0.3, -0.25) is 4.99 Å². The number of nitrogens with one attached hydrogen (secondary N) is 2. The first kappa shape index (κ1) is 13.8. The van der Waals surface area contributed by atoms with E-state index >= 15 is 0 Å². The smallest absolute Gasteiger partial charge is 0.228 e. The molecule has 2 N–H and O–H groups in total. The summed E-state index contributed by atoms with van der Waals surface area (Å²) < 4.78 is 5.19. The summed E-state index contributed by atoms with van der Waals surface area (Å²) in [6.07, 6.45) is 3.17. The molecule has 0 radical (unpaired) electrons. The fourth-order valence-electron chi connectivity index (χ4n) is 1.61. The highest BCUT2D eigenvalue weighted by atomic mass is 16.5. The average molecular weight is 265 g/mol. The quantitative estimate of drug-likeness (QED) is 0.601. The molecule has 1 fully saturated rings. The maximum absolute atomic E-state index is 5.19. The Morgan fingerprint density at radius 2 is 2.26 bits per heavy atom. The second-order valence-electron chi connectivity index (χ2n) is 5.13. The van der Waals surface area contributed by atoms with Crippen molar-refractivity contribution >= 4 is 5.96 Å². The molecule has 2 rings (SSSR count). The summed E-state index contributed by atoms with van der Waals surface area (Å²) in [7, 11) is 0. The van der Waals surface area contributed by atoms with Crippen LogP contribution in [-0.2, 0) is 6.42 Å². The normalized spacial score (nSPS) is 15.9. The maximum atomic E-state index is 5.19. The van der Waals surface area contributed by atoms with Crippen LogP contribution in [0, 0.1) is 0 Å². The Labute approximate surface area is 114 Å². The Morgan fingerprint density at radius 3 is 2.84 bits per heavy atom. The molecule has 0 saturated heterocycles. The third-order valence-electron chi connectivity index (χ3n) is 2.86. The van der Waals surface area contributed by atoms with Crippen LogP contribution in [0.25, 0.3) is 0 Å². The van der Waals surface area contributed by atoms with E-state index in [1.807, 2.05) is 0 Å². The Hall–Kier alpha value is -1.59. The lowest BCUT2D eigenvalue weighted by molar-refractivity contribution is 0.372. The van der Waals surface area contributed by atoms with E-state index in [9.17, 15) is 0 Å². The molecular formula is C13H23N5O. The van der Waals surface area contributed by atoms with E-state index in [1.54, 1.807) is 0 Å². The third-order valence-corrected chi connectivity index (χ3v) is 2.86. The molecule has 0 unspecified atom stereocenters. The molecule has 0 amide bonds. The van der Waals surface area contributed by atoms with E-state index in [0.717, 1.165) is 18.3 Å². The molecule has 0 atom stereocenters. The minimum atomic E-state index is 0.301. The Kier molecular flexibility index (Phi) is 4.76. The number of rotatable bonds is 6. The van der Waals surface area contributed by atoms with Gasteiger partial charge in [-0.1, -0.05) is 19.0 Å². The van der Waals surface area contributed by atoms with Crippen LogP contribution in [0.15, 0.2) is 9.52 Å². The summed E-state index contributed by atoms with van der Waals surface area (Å²) in [4.78, 5) is 8.85. The largest absolute Gasteiger partial charge is 0.357 e. The number of guanidine groups is 1. The van der Waals surface area contributed by atoms with Gasteiger partial charge in [-0.05, 0) is 19.8 Å². The van der Waals surface area contributed by atoms with Crippen molar-refractivity contribution in [1.29, 1.82) is 0 Å². The van der Waals surface area contributed by atoms with Gasteiger partial charge < -0.3 is 15.2 Å². The van der Waals surface area contributed by atoms with Crippen LogP contribution >= 0.6 is 0 Å². The lowest BCUT2D eigenvalue weighted by Gasteiger charge is -2.09. The molecule has 0 bridgehead atoms. The molecule has 1 heterocycles. The minimum Gasteiger partial charge on any atom is -0.357 e. The average Bonchev–Trinajstić information content (AvgIpc) is 3.05. The summed E-state index contributed by atoms with van der Waals surface area (Å²) >= 11 is 0. The van der Waals surface area contributed by atoms with Gasteiger partial charge in [-0.2, -0.15) is 4.98 Å². The first-order chi connectivity index (χ1) is 9.19. The molecule has 1 saturated carbocycles. The van der Waals surface area contributed by atoms with Gasteiger partial charge in [-0.15, -0.1) is 0 Å². The number of hydrogen-bond donors (Lipinski definition) is 2. The zero-order valence-corrected chi connectivity index (χ0v) is 11.9. The number of hydrogen-bond acceptors (Lipinski definition) is 4. The predicted octanol–water partition coefficient (Wildman–Crippen LogP) is 1.45. The van der Waals surface area contributed by atoms with Gasteiger partial charge in [0, 0.05) is 24.9 Å². The van der Waals surface area contributed by atoms with Crippen LogP contribution < -0.4 is 10.6 Å². The van der Waals surface area contributed by atoms with E-state index in [2.05, 4.69) is 46.5 Å². The fourth-order valence-corrected chi connectivity index (χ4v) is 1.61. The lowest BCUT2D eigenvalue weighted by atomic mass is 10.2. The fraction of sp³-hybridized carbons (Fsp3) is 0.769. The van der Waals surface area contributed by atoms with Crippen LogP contribution in [0.2, 0.25) is 0 Å². The first-order valence-corrected chi connectivity index (χ1v) is 7.06. The minimum absolute atomic E-state index is 0.301. The van der Waals surface area contributed by atoms with Gasteiger partial charge in [0.25, 0.3) is 0 Å². The Morgan fingerprint density at radius 1 is 1.47 bits per heavy atom. The second-order valence-corrected chi connectivity index (χ2v) is 5.13. The van der Waals surface area contributed by atoms with Crippen molar-refractivity contribution in [2.75, 3.05) is 13.1 Å². The van der Waals surface area contributed by atoms with Crippen LogP contribution in [0.5, 0.6) is 0 Å². The van der Waals surface area contributed by atoms with Crippen LogP contribution in [0.4, 0.5) is 0 Å². The Balaban J connectivity index is 1.81. The van der Waals surface area contributed by atoms with E-state index < -0.39 is 0 Å².